The van der Waals surface area contributed by atoms with Gasteiger partial charge in [-0.05, 0) is 38.3 Å². The molecule has 1 aromatic heterocycles. The van der Waals surface area contributed by atoms with Crippen molar-refractivity contribution in [3.05, 3.63) is 30.1 Å². The first-order valence-corrected chi connectivity index (χ1v) is 5.68. The molecule has 82 valence electrons. The molecule has 0 spiro atoms. The number of rotatable bonds is 3. The van der Waals surface area contributed by atoms with Crippen LogP contribution in [-0.2, 0) is 0 Å². The average molecular weight is 205 g/mol. The first-order valence-electron chi connectivity index (χ1n) is 5.68. The first kappa shape index (κ1) is 10.6. The van der Waals surface area contributed by atoms with Crippen molar-refractivity contribution in [1.82, 2.24) is 10.3 Å². The van der Waals surface area contributed by atoms with E-state index in [1.165, 1.54) is 6.42 Å². The van der Waals surface area contributed by atoms with Crippen LogP contribution in [0.3, 0.4) is 0 Å². The zero-order valence-electron chi connectivity index (χ0n) is 9.19. The molecule has 1 saturated carbocycles. The fourth-order valence-corrected chi connectivity index (χ4v) is 2.24. The normalized spacial score (nSPS) is 27.9. The van der Waals surface area contributed by atoms with Crippen LogP contribution in [0.1, 0.15) is 37.9 Å². The minimum absolute atomic E-state index is 0.321. The highest BCUT2D eigenvalue weighted by atomic mass is 15.0. The van der Waals surface area contributed by atoms with Gasteiger partial charge in [0, 0.05) is 24.3 Å². The van der Waals surface area contributed by atoms with Crippen molar-refractivity contribution in [2.75, 3.05) is 0 Å². The van der Waals surface area contributed by atoms with E-state index in [-0.39, 0.29) is 0 Å². The second-order valence-corrected chi connectivity index (χ2v) is 4.41. The Morgan fingerprint density at radius 2 is 2.33 bits per heavy atom. The second-order valence-electron chi connectivity index (χ2n) is 4.41. The van der Waals surface area contributed by atoms with Gasteiger partial charge in [-0.1, -0.05) is 6.07 Å². The molecule has 2 unspecified atom stereocenters. The summed E-state index contributed by atoms with van der Waals surface area (Å²) in [6.07, 6.45) is 5.27. The summed E-state index contributed by atoms with van der Waals surface area (Å²) in [4.78, 5) is 4.35. The Labute approximate surface area is 91.1 Å². The molecule has 0 amide bonds. The molecule has 1 aromatic rings. The lowest BCUT2D eigenvalue weighted by Gasteiger charge is -2.18. The maximum atomic E-state index is 5.88. The van der Waals surface area contributed by atoms with Crippen molar-refractivity contribution in [2.24, 2.45) is 5.73 Å². The number of nitrogens with one attached hydrogen (secondary N) is 1. The summed E-state index contributed by atoms with van der Waals surface area (Å²) in [7, 11) is 0. The Morgan fingerprint density at radius 3 is 2.93 bits per heavy atom. The predicted molar refractivity (Wildman–Crippen MR) is 61.4 cm³/mol. The van der Waals surface area contributed by atoms with E-state index < -0.39 is 0 Å². The summed E-state index contributed by atoms with van der Waals surface area (Å²) in [5.74, 6) is 0. The third kappa shape index (κ3) is 2.76. The molecule has 0 aliphatic heterocycles. The van der Waals surface area contributed by atoms with E-state index in [9.17, 15) is 0 Å². The number of nitrogens with two attached hydrogens (primary N) is 1. The highest BCUT2D eigenvalue weighted by Gasteiger charge is 2.23. The zero-order chi connectivity index (χ0) is 10.7. The van der Waals surface area contributed by atoms with Gasteiger partial charge in [-0.3, -0.25) is 4.98 Å². The number of aromatic nitrogens is 1. The van der Waals surface area contributed by atoms with Crippen molar-refractivity contribution in [2.45, 2.75) is 44.3 Å². The van der Waals surface area contributed by atoms with E-state index in [1.54, 1.807) is 0 Å². The van der Waals surface area contributed by atoms with E-state index in [0.29, 0.717) is 18.1 Å². The molecular formula is C12H19N3. The molecule has 0 aromatic carbocycles. The van der Waals surface area contributed by atoms with E-state index in [2.05, 4.69) is 23.3 Å². The highest BCUT2D eigenvalue weighted by molar-refractivity contribution is 5.08. The topological polar surface area (TPSA) is 50.9 Å². The van der Waals surface area contributed by atoms with Gasteiger partial charge < -0.3 is 11.1 Å². The van der Waals surface area contributed by atoms with Gasteiger partial charge in [-0.25, -0.2) is 0 Å². The van der Waals surface area contributed by atoms with Gasteiger partial charge >= 0.3 is 0 Å². The lowest BCUT2D eigenvalue weighted by atomic mass is 10.1. The number of pyridine rings is 1. The number of hydrogen-bond acceptors (Lipinski definition) is 3. The van der Waals surface area contributed by atoms with E-state index in [1.807, 2.05) is 18.3 Å². The molecule has 3 atom stereocenters. The van der Waals surface area contributed by atoms with Crippen LogP contribution in [0.2, 0.25) is 0 Å². The second kappa shape index (κ2) is 4.73. The van der Waals surface area contributed by atoms with Gasteiger partial charge in [0.05, 0.1) is 5.69 Å². The minimum atomic E-state index is 0.321. The summed E-state index contributed by atoms with van der Waals surface area (Å²) in [6, 6.07) is 7.31. The lowest BCUT2D eigenvalue weighted by molar-refractivity contribution is 0.451. The summed E-state index contributed by atoms with van der Waals surface area (Å²) in [5.41, 5.74) is 6.99. The van der Waals surface area contributed by atoms with Gasteiger partial charge in [0.15, 0.2) is 0 Å². The molecule has 15 heavy (non-hydrogen) atoms. The fourth-order valence-electron chi connectivity index (χ4n) is 2.24. The molecule has 0 radical (unpaired) electrons. The van der Waals surface area contributed by atoms with Crippen LogP contribution in [0.15, 0.2) is 24.4 Å². The molecule has 0 saturated heterocycles. The number of nitrogens with zero attached hydrogens (tertiary/aromatic N) is 1. The fraction of sp³-hybridized carbons (Fsp3) is 0.583. The Balaban J connectivity index is 1.90. The van der Waals surface area contributed by atoms with Crippen molar-refractivity contribution in [3.63, 3.8) is 0 Å². The maximum absolute atomic E-state index is 5.88. The Morgan fingerprint density at radius 1 is 1.47 bits per heavy atom. The lowest BCUT2D eigenvalue weighted by Crippen LogP contribution is -2.31. The van der Waals surface area contributed by atoms with Crippen molar-refractivity contribution < 1.29 is 0 Å². The van der Waals surface area contributed by atoms with Gasteiger partial charge in [-0.15, -0.1) is 0 Å². The summed E-state index contributed by atoms with van der Waals surface area (Å²) < 4.78 is 0. The standard InChI is InChI=1S/C12H19N3/c1-9(12-4-2-3-7-14-12)15-11-6-5-10(13)8-11/h2-4,7,9-11,15H,5-6,8,13H2,1H3/t9-,10?,11?/m0/s1. The first-order chi connectivity index (χ1) is 7.25. The summed E-state index contributed by atoms with van der Waals surface area (Å²) in [5, 5.41) is 3.58. The Bertz CT molecular complexity index is 299. The molecule has 2 rings (SSSR count). The van der Waals surface area contributed by atoms with Crippen LogP contribution in [0.4, 0.5) is 0 Å². The van der Waals surface area contributed by atoms with Crippen molar-refractivity contribution in [1.29, 1.82) is 0 Å². The monoisotopic (exact) mass is 205 g/mol. The SMILES string of the molecule is C[C@H](NC1CCC(N)C1)c1ccccn1. The minimum Gasteiger partial charge on any atom is -0.328 e. The molecule has 1 fully saturated rings. The molecule has 0 bridgehead atoms. The summed E-state index contributed by atoms with van der Waals surface area (Å²) >= 11 is 0. The Kier molecular flexibility index (Phi) is 3.34. The third-order valence-electron chi connectivity index (χ3n) is 3.09. The Hall–Kier alpha value is -0.930. The zero-order valence-corrected chi connectivity index (χ0v) is 9.19. The predicted octanol–water partition coefficient (Wildman–Crippen LogP) is 1.61. The maximum Gasteiger partial charge on any atom is 0.0570 e. The van der Waals surface area contributed by atoms with Gasteiger partial charge in [0.25, 0.3) is 0 Å². The molecule has 3 N–H and O–H groups in total. The quantitative estimate of drug-likeness (QED) is 0.788. The molecule has 1 heterocycles. The molecular weight excluding hydrogens is 186 g/mol. The van der Waals surface area contributed by atoms with Crippen LogP contribution in [-0.4, -0.2) is 17.1 Å². The molecule has 3 heteroatoms. The summed E-state index contributed by atoms with van der Waals surface area (Å²) in [6.45, 7) is 2.16. The highest BCUT2D eigenvalue weighted by Crippen LogP contribution is 2.20. The van der Waals surface area contributed by atoms with E-state index >= 15 is 0 Å². The van der Waals surface area contributed by atoms with Crippen molar-refractivity contribution in [3.8, 4) is 0 Å². The smallest absolute Gasteiger partial charge is 0.0570 e. The number of hydrogen-bond donors (Lipinski definition) is 2. The van der Waals surface area contributed by atoms with Crippen LogP contribution in [0, 0.1) is 0 Å². The van der Waals surface area contributed by atoms with Gasteiger partial charge in [-0.2, -0.15) is 0 Å². The largest absolute Gasteiger partial charge is 0.328 e. The molecule has 3 nitrogen and oxygen atoms in total. The van der Waals surface area contributed by atoms with E-state index in [0.717, 1.165) is 18.5 Å². The van der Waals surface area contributed by atoms with E-state index in [4.69, 9.17) is 5.73 Å². The van der Waals surface area contributed by atoms with Crippen molar-refractivity contribution >= 4 is 0 Å². The van der Waals surface area contributed by atoms with Crippen LogP contribution in [0.5, 0.6) is 0 Å². The van der Waals surface area contributed by atoms with Crippen LogP contribution >= 0.6 is 0 Å². The van der Waals surface area contributed by atoms with Crippen LogP contribution in [0.25, 0.3) is 0 Å². The average Bonchev–Trinajstić information content (AvgIpc) is 2.65. The van der Waals surface area contributed by atoms with Gasteiger partial charge in [0.1, 0.15) is 0 Å². The third-order valence-corrected chi connectivity index (χ3v) is 3.09. The molecule has 1 aliphatic rings. The van der Waals surface area contributed by atoms with Crippen LogP contribution < -0.4 is 11.1 Å². The van der Waals surface area contributed by atoms with Gasteiger partial charge in [0.2, 0.25) is 0 Å². The molecule has 1 aliphatic carbocycles.